The zero-order valence-corrected chi connectivity index (χ0v) is 22.6. The Bertz CT molecular complexity index is 1140. The van der Waals surface area contributed by atoms with Crippen LogP contribution in [0.2, 0.25) is 0 Å². The summed E-state index contributed by atoms with van der Waals surface area (Å²) in [6.07, 6.45) is 0.0198. The molecule has 0 heterocycles. The number of carbonyl (C=O) groups is 4. The summed E-state index contributed by atoms with van der Waals surface area (Å²) < 4.78 is 30.7. The molecule has 2 amide bonds. The third-order valence-corrected chi connectivity index (χ3v) is 10.5. The first kappa shape index (κ1) is 29.7. The van der Waals surface area contributed by atoms with Gasteiger partial charge in [0.15, 0.2) is 0 Å². The first-order valence-electron chi connectivity index (χ1n) is 10.7. The predicted molar refractivity (Wildman–Crippen MR) is 128 cm³/mol. The normalized spacial score (nSPS) is 12.3. The Morgan fingerprint density at radius 1 is 0.703 bits per heavy atom. The van der Waals surface area contributed by atoms with Crippen molar-refractivity contribution >= 4 is 61.0 Å². The number of benzene rings is 2. The third kappa shape index (κ3) is 9.48. The van der Waals surface area contributed by atoms with Gasteiger partial charge in [0.05, 0.1) is 0 Å². The van der Waals surface area contributed by atoms with Gasteiger partial charge < -0.3 is 0 Å². The summed E-state index contributed by atoms with van der Waals surface area (Å²) in [6.45, 7) is 0.0706. The van der Waals surface area contributed by atoms with Crippen molar-refractivity contribution in [1.82, 2.24) is 10.6 Å². The summed E-state index contributed by atoms with van der Waals surface area (Å²) >= 11 is -6.89. The van der Waals surface area contributed by atoms with Gasteiger partial charge in [-0.1, -0.05) is 0 Å². The molecule has 13 nitrogen and oxygen atoms in total. The van der Waals surface area contributed by atoms with Crippen LogP contribution in [0.25, 0.3) is 0 Å². The molecular weight excluding hydrogens is 626 g/mol. The second-order valence-electron chi connectivity index (χ2n) is 7.40. The van der Waals surface area contributed by atoms with Crippen LogP contribution in [-0.4, -0.2) is 85.6 Å². The molecule has 0 unspecified atom stereocenters. The fourth-order valence-electron chi connectivity index (χ4n) is 2.81. The summed E-state index contributed by atoms with van der Waals surface area (Å²) in [4.78, 5) is 45.7. The summed E-state index contributed by atoms with van der Waals surface area (Å²) in [5, 5.41) is 42.1. The van der Waals surface area contributed by atoms with Gasteiger partial charge in [0.1, 0.15) is 0 Å². The summed E-state index contributed by atoms with van der Waals surface area (Å²) in [5.41, 5.74) is -0.454. The predicted octanol–water partition coefficient (Wildman–Crippen LogP) is -0.745. The van der Waals surface area contributed by atoms with Crippen molar-refractivity contribution in [3.05, 3.63) is 47.5 Å². The summed E-state index contributed by atoms with van der Waals surface area (Å²) in [5.74, 6) is -4.32. The third-order valence-electron chi connectivity index (χ3n) is 4.64. The van der Waals surface area contributed by atoms with Gasteiger partial charge in [-0.05, 0) is 0 Å². The van der Waals surface area contributed by atoms with Crippen LogP contribution in [0.5, 0.6) is 11.5 Å². The number of aromatic hydroxyl groups is 2. The second kappa shape index (κ2) is 14.3. The second-order valence-corrected chi connectivity index (χ2v) is 13.1. The van der Waals surface area contributed by atoms with Gasteiger partial charge in [-0.2, -0.15) is 0 Å². The van der Waals surface area contributed by atoms with Gasteiger partial charge in [0.25, 0.3) is 0 Å². The fourth-order valence-corrected chi connectivity index (χ4v) is 7.96. The van der Waals surface area contributed by atoms with Crippen LogP contribution in [0.1, 0.15) is 46.4 Å². The summed E-state index contributed by atoms with van der Waals surface area (Å²) in [7, 11) is 0. The van der Waals surface area contributed by atoms with Gasteiger partial charge in [-0.15, -0.1) is 0 Å². The fraction of sp³-hybridized carbons (Fsp3) is 0.273. The minimum absolute atomic E-state index is 0.00765. The number of phenolic OH excluding ortho intramolecular Hbond substituents is 2. The maximum atomic E-state index is 12.7. The zero-order chi connectivity index (χ0) is 27.5. The van der Waals surface area contributed by atoms with E-state index in [4.69, 9.17) is 13.1 Å². The molecule has 2 aromatic carbocycles. The number of carboxylic acids is 2. The molecule has 0 bridgehead atoms. The number of rotatable bonds is 14. The molecule has 200 valence electrons. The number of nitrogens with one attached hydrogen (secondary N) is 2. The number of phenols is 2. The van der Waals surface area contributed by atoms with E-state index in [9.17, 15) is 37.1 Å². The van der Waals surface area contributed by atoms with Gasteiger partial charge in [0.2, 0.25) is 0 Å². The molecule has 0 aliphatic heterocycles. The Labute approximate surface area is 219 Å². The van der Waals surface area contributed by atoms with E-state index >= 15 is 0 Å². The van der Waals surface area contributed by atoms with Crippen molar-refractivity contribution in [2.75, 3.05) is 13.1 Å². The van der Waals surface area contributed by atoms with Crippen molar-refractivity contribution < 1.29 is 50.2 Å². The van der Waals surface area contributed by atoms with Crippen LogP contribution in [0.15, 0.2) is 36.4 Å². The molecule has 0 spiro atoms. The molecule has 6 N–H and O–H groups in total. The van der Waals surface area contributed by atoms with Crippen molar-refractivity contribution in [2.45, 2.75) is 25.7 Å². The van der Waals surface area contributed by atoms with E-state index in [1.54, 1.807) is 0 Å². The van der Waals surface area contributed by atoms with E-state index in [1.165, 1.54) is 12.1 Å². The molecule has 2 aromatic rings. The van der Waals surface area contributed by atoms with Crippen molar-refractivity contribution in [2.24, 2.45) is 0 Å². The topological polar surface area (TPSA) is 217 Å². The van der Waals surface area contributed by atoms with Crippen molar-refractivity contribution in [3.8, 4) is 11.5 Å². The molecule has 0 aliphatic carbocycles. The number of amides is 2. The standard InChI is InChI=1S/C22H24N2O11Se2/c25-17-7-5-13(11-15(17)21(31)23-9-1-3-19(27)28)36(33)35-37(34)14-6-8-18(26)16(12-14)22(32)24-10-2-4-20(29)30/h5-8,11-12,25-26H,1-4,9-10H2,(H,23,31)(H,24,32)(H,27,28)(H,29,30). The number of carboxylic acid groups (broad SMARTS) is 2. The number of hydrogen-bond donors (Lipinski definition) is 6. The van der Waals surface area contributed by atoms with Crippen LogP contribution in [0.3, 0.4) is 0 Å². The number of carbonyl (C=O) groups excluding carboxylic acids is 2. The molecule has 2 rings (SSSR count). The Balaban J connectivity index is 2.07. The minimum atomic E-state index is -3.45. The first-order chi connectivity index (χ1) is 17.5. The Kier molecular flexibility index (Phi) is 11.5. The van der Waals surface area contributed by atoms with Crippen molar-refractivity contribution in [1.29, 1.82) is 0 Å². The molecule has 0 fully saturated rings. The Morgan fingerprint density at radius 3 is 1.43 bits per heavy atom. The quantitative estimate of drug-likeness (QED) is 0.111. The molecule has 0 atom stereocenters. The molecule has 15 heteroatoms. The van der Waals surface area contributed by atoms with Crippen molar-refractivity contribution in [3.63, 3.8) is 0 Å². The zero-order valence-electron chi connectivity index (χ0n) is 19.2. The van der Waals surface area contributed by atoms with E-state index < -0.39 is 63.6 Å². The average Bonchev–Trinajstić information content (AvgIpc) is 2.84. The molecule has 0 aromatic heterocycles. The Morgan fingerprint density at radius 2 is 1.08 bits per heavy atom. The molecule has 0 saturated carbocycles. The molecule has 37 heavy (non-hydrogen) atoms. The summed E-state index contributed by atoms with van der Waals surface area (Å²) in [6, 6.07) is 6.94. The number of hydrogen-bond acceptors (Lipinski definition) is 9. The van der Waals surface area contributed by atoms with E-state index in [1.807, 2.05) is 0 Å². The van der Waals surface area contributed by atoms with E-state index in [2.05, 4.69) is 10.6 Å². The van der Waals surface area contributed by atoms with Gasteiger partial charge in [-0.3, -0.25) is 0 Å². The van der Waals surface area contributed by atoms with Gasteiger partial charge in [-0.25, -0.2) is 0 Å². The SMILES string of the molecule is O=C(O)CCCNC(=O)c1cc([Se](=O)O[Se](=O)c2ccc(O)c(C(=O)NCCCC(=O)O)c2)ccc1O. The average molecular weight is 650 g/mol. The van der Waals surface area contributed by atoms with Crippen LogP contribution < -0.4 is 19.6 Å². The van der Waals surface area contributed by atoms with E-state index in [0.717, 1.165) is 24.3 Å². The molecule has 0 saturated heterocycles. The molecule has 0 aliphatic rings. The van der Waals surface area contributed by atoms with Crippen LogP contribution in [-0.2, 0) is 20.2 Å². The number of aliphatic carboxylic acids is 2. The first-order valence-corrected chi connectivity index (χ1v) is 15.2. The molecular formula is C22H24N2O11Se2. The van der Waals surface area contributed by atoms with E-state index in [0.29, 0.717) is 0 Å². The van der Waals surface area contributed by atoms with E-state index in [-0.39, 0.29) is 58.8 Å². The van der Waals surface area contributed by atoms with Gasteiger partial charge >= 0.3 is 220 Å². The van der Waals surface area contributed by atoms with Crippen LogP contribution >= 0.6 is 0 Å². The molecule has 0 radical (unpaired) electrons. The Hall–Kier alpha value is -3.48. The monoisotopic (exact) mass is 652 g/mol. The van der Waals surface area contributed by atoms with Crippen LogP contribution in [0, 0.1) is 0 Å². The maximum absolute atomic E-state index is 12.7. The van der Waals surface area contributed by atoms with Gasteiger partial charge in [0, 0.05) is 0 Å². The van der Waals surface area contributed by atoms with Crippen LogP contribution in [0.4, 0.5) is 0 Å².